The summed E-state index contributed by atoms with van der Waals surface area (Å²) in [6.07, 6.45) is 7.58. The molecule has 2 N–H and O–H groups in total. The molecule has 3 aromatic rings. The van der Waals surface area contributed by atoms with Crippen LogP contribution in [0.4, 0.5) is 5.82 Å². The van der Waals surface area contributed by atoms with Crippen molar-refractivity contribution in [2.75, 3.05) is 18.7 Å². The first kappa shape index (κ1) is 20.0. The fourth-order valence-corrected chi connectivity index (χ4v) is 3.45. The number of methoxy groups -OCH3 is 1. The summed E-state index contributed by atoms with van der Waals surface area (Å²) in [5.74, 6) is 1.23. The number of nitrogens with zero attached hydrogens (tertiary/aromatic N) is 2. The second-order valence-corrected chi connectivity index (χ2v) is 7.31. The number of nitrogens with one attached hydrogen (secondary N) is 1. The Morgan fingerprint density at radius 1 is 1.14 bits per heavy atom. The maximum atomic E-state index is 9.80. The minimum absolute atomic E-state index is 0.102. The molecule has 0 amide bonds. The smallest absolute Gasteiger partial charge is 0.161 e. The van der Waals surface area contributed by atoms with Crippen molar-refractivity contribution in [3.8, 4) is 22.8 Å². The molecule has 0 aliphatic rings. The van der Waals surface area contributed by atoms with Crippen molar-refractivity contribution in [2.24, 2.45) is 0 Å². The van der Waals surface area contributed by atoms with Gasteiger partial charge in [-0.3, -0.25) is 4.98 Å². The summed E-state index contributed by atoms with van der Waals surface area (Å²) in [5.41, 5.74) is 2.79. The van der Waals surface area contributed by atoms with E-state index in [1.54, 1.807) is 42.4 Å². The Bertz CT molecular complexity index is 916. The highest BCUT2D eigenvalue weighted by Crippen LogP contribution is 2.31. The molecule has 0 radical (unpaired) electrons. The van der Waals surface area contributed by atoms with Crippen LogP contribution in [-0.2, 0) is 0 Å². The van der Waals surface area contributed by atoms with Crippen molar-refractivity contribution in [3.63, 3.8) is 0 Å². The molecule has 1 heterocycles. The van der Waals surface area contributed by atoms with E-state index in [-0.39, 0.29) is 11.8 Å². The first-order valence-electron chi connectivity index (χ1n) is 9.24. The van der Waals surface area contributed by atoms with Crippen molar-refractivity contribution < 1.29 is 9.84 Å². The fraction of sp³-hybridized carbons (Fsp3) is 0.273. The Morgan fingerprint density at radius 2 is 1.93 bits per heavy atom. The van der Waals surface area contributed by atoms with Gasteiger partial charge in [0.15, 0.2) is 11.5 Å². The van der Waals surface area contributed by atoms with E-state index in [2.05, 4.69) is 47.7 Å². The molecule has 0 fully saturated rings. The average Bonchev–Trinajstić information content (AvgIpc) is 2.74. The van der Waals surface area contributed by atoms with Gasteiger partial charge in [-0.15, -0.1) is 11.8 Å². The molecule has 0 aliphatic carbocycles. The molecule has 1 aromatic heterocycles. The van der Waals surface area contributed by atoms with Crippen LogP contribution in [0.3, 0.4) is 0 Å². The van der Waals surface area contributed by atoms with Gasteiger partial charge in [-0.25, -0.2) is 4.98 Å². The molecule has 1 unspecified atom stereocenters. The quantitative estimate of drug-likeness (QED) is 0.489. The van der Waals surface area contributed by atoms with Gasteiger partial charge in [0, 0.05) is 10.5 Å². The van der Waals surface area contributed by atoms with Crippen LogP contribution in [0.5, 0.6) is 11.5 Å². The number of aromatic nitrogens is 2. The Hall–Kier alpha value is -2.73. The molecular formula is C22H25N3O2S. The zero-order chi connectivity index (χ0) is 19.9. The standard InChI is InChI=1S/C22H25N3O2S/c1-4-5-18(15-6-9-17(28-3)10-7-15)24-22-14-23-13-19(25-22)16-8-11-20(26)21(12-16)27-2/h6-14,18,26H,4-5H2,1-3H3,(H,24,25). The lowest BCUT2D eigenvalue weighted by atomic mass is 10.0. The largest absolute Gasteiger partial charge is 0.504 e. The van der Waals surface area contributed by atoms with E-state index in [0.29, 0.717) is 5.75 Å². The van der Waals surface area contributed by atoms with E-state index >= 15 is 0 Å². The molecule has 28 heavy (non-hydrogen) atoms. The fourth-order valence-electron chi connectivity index (χ4n) is 3.04. The van der Waals surface area contributed by atoms with Crippen LogP contribution < -0.4 is 10.1 Å². The molecule has 5 nitrogen and oxygen atoms in total. The number of phenols is 1. The normalized spacial score (nSPS) is 11.8. The predicted molar refractivity (Wildman–Crippen MR) is 115 cm³/mol. The lowest BCUT2D eigenvalue weighted by Gasteiger charge is -2.20. The number of thioether (sulfide) groups is 1. The van der Waals surface area contributed by atoms with Crippen LogP contribution in [0.25, 0.3) is 11.3 Å². The van der Waals surface area contributed by atoms with E-state index in [1.807, 2.05) is 0 Å². The molecule has 146 valence electrons. The number of hydrogen-bond donors (Lipinski definition) is 2. The number of aromatic hydroxyl groups is 1. The van der Waals surface area contributed by atoms with Crippen molar-refractivity contribution in [2.45, 2.75) is 30.7 Å². The third-order valence-corrected chi connectivity index (χ3v) is 5.27. The second-order valence-electron chi connectivity index (χ2n) is 6.43. The van der Waals surface area contributed by atoms with Gasteiger partial charge in [0.2, 0.25) is 0 Å². The Balaban J connectivity index is 1.85. The number of hydrogen-bond acceptors (Lipinski definition) is 6. The topological polar surface area (TPSA) is 67.3 Å². The number of ether oxygens (including phenoxy) is 1. The van der Waals surface area contributed by atoms with Gasteiger partial charge >= 0.3 is 0 Å². The van der Waals surface area contributed by atoms with E-state index < -0.39 is 0 Å². The Kier molecular flexibility index (Phi) is 6.76. The summed E-state index contributed by atoms with van der Waals surface area (Å²) < 4.78 is 5.20. The lowest BCUT2D eigenvalue weighted by Crippen LogP contribution is -2.12. The summed E-state index contributed by atoms with van der Waals surface area (Å²) in [4.78, 5) is 10.3. The van der Waals surface area contributed by atoms with E-state index in [1.165, 1.54) is 17.6 Å². The van der Waals surface area contributed by atoms with Crippen LogP contribution in [0.15, 0.2) is 59.8 Å². The SMILES string of the molecule is CCCC(Nc1cncc(-c2ccc(O)c(OC)c2)n1)c1ccc(SC)cc1. The van der Waals surface area contributed by atoms with Crippen molar-refractivity contribution in [1.82, 2.24) is 9.97 Å². The van der Waals surface area contributed by atoms with Gasteiger partial charge in [-0.2, -0.15) is 0 Å². The first-order valence-corrected chi connectivity index (χ1v) is 10.5. The zero-order valence-corrected chi connectivity index (χ0v) is 17.2. The molecule has 1 atom stereocenters. The Morgan fingerprint density at radius 3 is 2.61 bits per heavy atom. The van der Waals surface area contributed by atoms with Crippen molar-refractivity contribution in [1.29, 1.82) is 0 Å². The highest BCUT2D eigenvalue weighted by Gasteiger charge is 2.13. The maximum absolute atomic E-state index is 9.80. The van der Waals surface area contributed by atoms with Crippen LogP contribution in [0.2, 0.25) is 0 Å². The summed E-state index contributed by atoms with van der Waals surface area (Å²) in [7, 11) is 1.53. The van der Waals surface area contributed by atoms with Gasteiger partial charge < -0.3 is 15.2 Å². The molecule has 0 saturated heterocycles. The van der Waals surface area contributed by atoms with Crippen LogP contribution >= 0.6 is 11.8 Å². The first-order chi connectivity index (χ1) is 13.6. The average molecular weight is 396 g/mol. The van der Waals surface area contributed by atoms with E-state index in [9.17, 15) is 5.11 Å². The molecule has 3 rings (SSSR count). The van der Waals surface area contributed by atoms with E-state index in [4.69, 9.17) is 9.72 Å². The number of rotatable bonds is 8. The van der Waals surface area contributed by atoms with Crippen LogP contribution in [-0.4, -0.2) is 28.4 Å². The van der Waals surface area contributed by atoms with Gasteiger partial charge in [0.25, 0.3) is 0 Å². The molecular weight excluding hydrogens is 370 g/mol. The molecule has 0 spiro atoms. The highest BCUT2D eigenvalue weighted by molar-refractivity contribution is 7.98. The third kappa shape index (κ3) is 4.75. The van der Waals surface area contributed by atoms with Crippen molar-refractivity contribution >= 4 is 17.6 Å². The zero-order valence-electron chi connectivity index (χ0n) is 16.3. The van der Waals surface area contributed by atoms with Crippen molar-refractivity contribution in [3.05, 3.63) is 60.4 Å². The van der Waals surface area contributed by atoms with E-state index in [0.717, 1.165) is 29.9 Å². The molecule has 0 saturated carbocycles. The van der Waals surface area contributed by atoms with Gasteiger partial charge in [0.05, 0.1) is 31.2 Å². The summed E-state index contributed by atoms with van der Waals surface area (Å²) in [6, 6.07) is 14.0. The minimum Gasteiger partial charge on any atom is -0.504 e. The summed E-state index contributed by atoms with van der Waals surface area (Å²) in [6.45, 7) is 2.18. The number of anilines is 1. The molecule has 6 heteroatoms. The molecule has 2 aromatic carbocycles. The predicted octanol–water partition coefficient (Wildman–Crippen LogP) is 5.53. The highest BCUT2D eigenvalue weighted by atomic mass is 32.2. The molecule has 0 aliphatic heterocycles. The molecule has 0 bridgehead atoms. The van der Waals surface area contributed by atoms with Crippen LogP contribution in [0, 0.1) is 0 Å². The monoisotopic (exact) mass is 395 g/mol. The van der Waals surface area contributed by atoms with Gasteiger partial charge in [-0.05, 0) is 48.6 Å². The summed E-state index contributed by atoms with van der Waals surface area (Å²) in [5, 5.41) is 13.3. The number of phenolic OH excluding ortho intramolecular Hbond substituents is 1. The minimum atomic E-state index is 0.102. The number of benzene rings is 2. The second kappa shape index (κ2) is 9.46. The third-order valence-electron chi connectivity index (χ3n) is 4.53. The lowest BCUT2D eigenvalue weighted by molar-refractivity contribution is 0.373. The maximum Gasteiger partial charge on any atom is 0.161 e. The van der Waals surface area contributed by atoms with Gasteiger partial charge in [-0.1, -0.05) is 25.5 Å². The van der Waals surface area contributed by atoms with Crippen LogP contribution in [0.1, 0.15) is 31.4 Å². The van der Waals surface area contributed by atoms with Gasteiger partial charge in [0.1, 0.15) is 5.82 Å². The Labute approximate surface area is 170 Å². The summed E-state index contributed by atoms with van der Waals surface area (Å²) >= 11 is 1.74.